The molecule has 2 aromatic heterocycles. The van der Waals surface area contributed by atoms with Crippen molar-refractivity contribution in [2.24, 2.45) is 5.84 Å². The minimum Gasteiger partial charge on any atom is -0.439 e. The highest BCUT2D eigenvalue weighted by Gasteiger charge is 2.04. The molecule has 0 saturated heterocycles. The number of aryl methyl sites for hydroxylation is 1. The summed E-state index contributed by atoms with van der Waals surface area (Å²) in [6.45, 7) is 1.84. The molecule has 0 aliphatic heterocycles. The summed E-state index contributed by atoms with van der Waals surface area (Å²) in [7, 11) is 0. The molecule has 0 fully saturated rings. The van der Waals surface area contributed by atoms with Crippen molar-refractivity contribution in [2.45, 2.75) is 6.92 Å². The number of ether oxygens (including phenoxy) is 1. The lowest BCUT2D eigenvalue weighted by Gasteiger charge is -2.07. The minimum atomic E-state index is 0.318. The molecule has 100 valence electrons. The van der Waals surface area contributed by atoms with E-state index in [2.05, 4.69) is 20.4 Å². The SMILES string of the molecule is Cc1cc(Oc2ccc3cccnc3c2)nc(NN)n1. The lowest BCUT2D eigenvalue weighted by Crippen LogP contribution is -2.11. The Morgan fingerprint density at radius 2 is 2.05 bits per heavy atom. The van der Waals surface area contributed by atoms with Crippen LogP contribution in [0, 0.1) is 6.92 Å². The van der Waals surface area contributed by atoms with E-state index in [-0.39, 0.29) is 0 Å². The van der Waals surface area contributed by atoms with Crippen LogP contribution in [0.4, 0.5) is 5.95 Å². The first-order valence-electron chi connectivity index (χ1n) is 6.09. The van der Waals surface area contributed by atoms with Crippen molar-refractivity contribution in [2.75, 3.05) is 5.43 Å². The number of hydrogen-bond donors (Lipinski definition) is 2. The van der Waals surface area contributed by atoms with E-state index in [1.165, 1.54) is 0 Å². The van der Waals surface area contributed by atoms with Gasteiger partial charge in [-0.1, -0.05) is 6.07 Å². The molecule has 2 heterocycles. The van der Waals surface area contributed by atoms with Crippen LogP contribution < -0.4 is 16.0 Å². The molecular weight excluding hydrogens is 254 g/mol. The molecule has 0 aliphatic carbocycles. The molecule has 3 aromatic rings. The first kappa shape index (κ1) is 12.3. The van der Waals surface area contributed by atoms with Gasteiger partial charge < -0.3 is 4.74 Å². The molecule has 3 rings (SSSR count). The summed E-state index contributed by atoms with van der Waals surface area (Å²) in [5.74, 6) is 6.73. The Bertz CT molecular complexity index is 759. The first-order valence-corrected chi connectivity index (χ1v) is 6.09. The van der Waals surface area contributed by atoms with Crippen LogP contribution in [0.5, 0.6) is 11.6 Å². The van der Waals surface area contributed by atoms with Gasteiger partial charge in [-0.3, -0.25) is 10.4 Å². The summed E-state index contributed by atoms with van der Waals surface area (Å²) in [4.78, 5) is 12.5. The average molecular weight is 267 g/mol. The molecule has 0 radical (unpaired) electrons. The lowest BCUT2D eigenvalue weighted by molar-refractivity contribution is 0.462. The zero-order valence-electron chi connectivity index (χ0n) is 10.9. The van der Waals surface area contributed by atoms with Gasteiger partial charge >= 0.3 is 0 Å². The molecule has 3 N–H and O–H groups in total. The Labute approximate surface area is 115 Å². The molecule has 0 bridgehead atoms. The molecule has 0 atom stereocenters. The molecule has 0 spiro atoms. The Morgan fingerprint density at radius 3 is 2.90 bits per heavy atom. The van der Waals surface area contributed by atoms with Crippen molar-refractivity contribution >= 4 is 16.9 Å². The fraction of sp³-hybridized carbons (Fsp3) is 0.0714. The fourth-order valence-corrected chi connectivity index (χ4v) is 1.89. The molecule has 0 amide bonds. The van der Waals surface area contributed by atoms with Crippen molar-refractivity contribution in [1.82, 2.24) is 15.0 Å². The number of fused-ring (bicyclic) bond motifs is 1. The van der Waals surface area contributed by atoms with E-state index >= 15 is 0 Å². The van der Waals surface area contributed by atoms with Gasteiger partial charge in [0.1, 0.15) is 5.75 Å². The molecule has 20 heavy (non-hydrogen) atoms. The van der Waals surface area contributed by atoms with E-state index in [4.69, 9.17) is 10.6 Å². The molecule has 6 nitrogen and oxygen atoms in total. The number of hydrazine groups is 1. The summed E-state index contributed by atoms with van der Waals surface area (Å²) in [6.07, 6.45) is 1.75. The van der Waals surface area contributed by atoms with Gasteiger partial charge in [0.05, 0.1) is 5.52 Å². The van der Waals surface area contributed by atoms with Crippen LogP contribution in [0.15, 0.2) is 42.6 Å². The van der Waals surface area contributed by atoms with Crippen LogP contribution in [0.1, 0.15) is 5.69 Å². The predicted molar refractivity (Wildman–Crippen MR) is 76.4 cm³/mol. The third kappa shape index (κ3) is 2.50. The number of nitrogen functional groups attached to an aromatic ring is 1. The molecule has 0 aliphatic rings. The number of aromatic nitrogens is 3. The zero-order valence-corrected chi connectivity index (χ0v) is 10.9. The molecule has 0 unspecified atom stereocenters. The second-order valence-electron chi connectivity index (χ2n) is 4.28. The van der Waals surface area contributed by atoms with Crippen molar-refractivity contribution in [3.8, 4) is 11.6 Å². The Balaban J connectivity index is 1.94. The van der Waals surface area contributed by atoms with Gasteiger partial charge in [-0.15, -0.1) is 0 Å². The number of nitrogens with one attached hydrogen (secondary N) is 1. The van der Waals surface area contributed by atoms with Crippen molar-refractivity contribution in [3.63, 3.8) is 0 Å². The zero-order chi connectivity index (χ0) is 13.9. The lowest BCUT2D eigenvalue weighted by atomic mass is 10.2. The summed E-state index contributed by atoms with van der Waals surface area (Å²) in [5.41, 5.74) is 4.04. The van der Waals surface area contributed by atoms with Crippen LogP contribution in [0.3, 0.4) is 0 Å². The van der Waals surface area contributed by atoms with Crippen molar-refractivity contribution in [1.29, 1.82) is 0 Å². The second kappa shape index (κ2) is 5.10. The van der Waals surface area contributed by atoms with Crippen molar-refractivity contribution in [3.05, 3.63) is 48.3 Å². The van der Waals surface area contributed by atoms with Crippen LogP contribution in [-0.4, -0.2) is 15.0 Å². The number of nitrogens with zero attached hydrogens (tertiary/aromatic N) is 3. The standard InChI is InChI=1S/C14H13N5O/c1-9-7-13(18-14(17-9)19-15)20-11-5-4-10-3-2-6-16-12(10)8-11/h2-8H,15H2,1H3,(H,17,18,19). The quantitative estimate of drug-likeness (QED) is 0.560. The first-order chi connectivity index (χ1) is 9.74. The minimum absolute atomic E-state index is 0.318. The maximum atomic E-state index is 5.72. The fourth-order valence-electron chi connectivity index (χ4n) is 1.89. The topological polar surface area (TPSA) is 86.0 Å². The summed E-state index contributed by atoms with van der Waals surface area (Å²) in [5, 5.41) is 1.06. The van der Waals surface area contributed by atoms with Crippen LogP contribution in [-0.2, 0) is 0 Å². The molecular formula is C14H13N5O. The number of nitrogens with two attached hydrogens (primary N) is 1. The van der Waals surface area contributed by atoms with Gasteiger partial charge in [-0.2, -0.15) is 4.98 Å². The van der Waals surface area contributed by atoms with Gasteiger partial charge in [0.25, 0.3) is 0 Å². The smallest absolute Gasteiger partial charge is 0.240 e. The summed E-state index contributed by atoms with van der Waals surface area (Å²) < 4.78 is 5.72. The van der Waals surface area contributed by atoms with Crippen LogP contribution >= 0.6 is 0 Å². The van der Waals surface area contributed by atoms with E-state index < -0.39 is 0 Å². The summed E-state index contributed by atoms with van der Waals surface area (Å²) in [6, 6.07) is 11.3. The van der Waals surface area contributed by atoms with E-state index in [0.717, 1.165) is 16.6 Å². The van der Waals surface area contributed by atoms with Crippen molar-refractivity contribution < 1.29 is 4.74 Å². The number of anilines is 1. The van der Waals surface area contributed by atoms with E-state index in [9.17, 15) is 0 Å². The highest BCUT2D eigenvalue weighted by Crippen LogP contribution is 2.24. The van der Waals surface area contributed by atoms with Crippen LogP contribution in [0.2, 0.25) is 0 Å². The third-order valence-electron chi connectivity index (χ3n) is 2.76. The number of pyridine rings is 1. The van der Waals surface area contributed by atoms with Gasteiger partial charge in [0, 0.05) is 29.4 Å². The second-order valence-corrected chi connectivity index (χ2v) is 4.28. The number of benzene rings is 1. The van der Waals surface area contributed by atoms with Gasteiger partial charge in [0.2, 0.25) is 11.8 Å². The van der Waals surface area contributed by atoms with E-state index in [1.807, 2.05) is 37.3 Å². The van der Waals surface area contributed by atoms with Crippen LogP contribution in [0.25, 0.3) is 10.9 Å². The normalized spacial score (nSPS) is 10.5. The number of hydrogen-bond acceptors (Lipinski definition) is 6. The Morgan fingerprint density at radius 1 is 1.15 bits per heavy atom. The molecule has 1 aromatic carbocycles. The Hall–Kier alpha value is -2.73. The molecule has 0 saturated carbocycles. The van der Waals surface area contributed by atoms with Gasteiger partial charge in [0.15, 0.2) is 0 Å². The monoisotopic (exact) mass is 267 g/mol. The predicted octanol–water partition coefficient (Wildman–Crippen LogP) is 2.41. The largest absolute Gasteiger partial charge is 0.439 e. The van der Waals surface area contributed by atoms with E-state index in [1.54, 1.807) is 12.3 Å². The highest BCUT2D eigenvalue weighted by atomic mass is 16.5. The molecule has 6 heteroatoms. The third-order valence-corrected chi connectivity index (χ3v) is 2.76. The maximum Gasteiger partial charge on any atom is 0.240 e. The number of rotatable bonds is 3. The average Bonchev–Trinajstić information content (AvgIpc) is 2.46. The van der Waals surface area contributed by atoms with E-state index in [0.29, 0.717) is 17.6 Å². The highest BCUT2D eigenvalue weighted by molar-refractivity contribution is 5.79. The van der Waals surface area contributed by atoms with Gasteiger partial charge in [-0.05, 0) is 25.1 Å². The summed E-state index contributed by atoms with van der Waals surface area (Å²) >= 11 is 0. The van der Waals surface area contributed by atoms with Gasteiger partial charge in [-0.25, -0.2) is 10.8 Å². The maximum absolute atomic E-state index is 5.72. The Kier molecular flexibility index (Phi) is 3.14.